The Morgan fingerprint density at radius 1 is 1.12 bits per heavy atom. The van der Waals surface area contributed by atoms with E-state index in [1.54, 1.807) is 6.07 Å². The van der Waals surface area contributed by atoms with Crippen molar-refractivity contribution < 1.29 is 19.2 Å². The number of methoxy groups -OCH3 is 1. The molecule has 2 N–H and O–H groups in total. The molecule has 0 aliphatic heterocycles. The zero-order chi connectivity index (χ0) is 18.4. The molecule has 0 aliphatic carbocycles. The lowest BCUT2D eigenvalue weighted by atomic mass is 10.1. The second kappa shape index (κ2) is 7.97. The lowest BCUT2D eigenvalue weighted by molar-refractivity contribution is -0.384. The third kappa shape index (κ3) is 4.82. The number of benzene rings is 2. The van der Waals surface area contributed by atoms with Gasteiger partial charge in [0.05, 0.1) is 17.6 Å². The summed E-state index contributed by atoms with van der Waals surface area (Å²) in [5, 5.41) is 15.8. The number of carbonyl (C=O) groups excluding carboxylic acids is 2. The third-order valence-electron chi connectivity index (χ3n) is 3.09. The van der Waals surface area contributed by atoms with Crippen molar-refractivity contribution in [2.75, 3.05) is 12.4 Å². The van der Waals surface area contributed by atoms with Gasteiger partial charge in [0, 0.05) is 23.4 Å². The van der Waals surface area contributed by atoms with Crippen LogP contribution in [-0.2, 0) is 4.74 Å². The number of nitrogens with zero attached hydrogens (tertiary/aromatic N) is 1. The van der Waals surface area contributed by atoms with E-state index in [0.29, 0.717) is 5.69 Å². The van der Waals surface area contributed by atoms with E-state index >= 15 is 0 Å². The number of esters is 1. The number of amides is 1. The molecule has 2 aromatic carbocycles. The van der Waals surface area contributed by atoms with Crippen molar-refractivity contribution in [3.8, 4) is 0 Å². The van der Waals surface area contributed by atoms with Gasteiger partial charge in [0.2, 0.25) is 0 Å². The molecule has 0 unspecified atom stereocenters. The van der Waals surface area contributed by atoms with Gasteiger partial charge in [-0.25, -0.2) is 4.79 Å². The minimum absolute atomic E-state index is 0.0334. The monoisotopic (exact) mass is 359 g/mol. The van der Waals surface area contributed by atoms with Gasteiger partial charge in [0.1, 0.15) is 0 Å². The second-order valence-corrected chi connectivity index (χ2v) is 5.20. The number of nitro benzene ring substituents is 1. The van der Waals surface area contributed by atoms with E-state index in [-0.39, 0.29) is 21.9 Å². The van der Waals surface area contributed by atoms with Crippen molar-refractivity contribution >= 4 is 40.6 Å². The highest BCUT2D eigenvalue weighted by Gasteiger charge is 2.12. The fourth-order valence-electron chi connectivity index (χ4n) is 1.94. The van der Waals surface area contributed by atoms with E-state index in [2.05, 4.69) is 15.4 Å². The lowest BCUT2D eigenvalue weighted by Gasteiger charge is -2.10. The Hall–Kier alpha value is -3.33. The quantitative estimate of drug-likeness (QED) is 0.373. The number of anilines is 1. The summed E-state index contributed by atoms with van der Waals surface area (Å²) < 4.78 is 4.60. The first-order valence-corrected chi connectivity index (χ1v) is 7.36. The molecule has 128 valence electrons. The van der Waals surface area contributed by atoms with E-state index in [1.165, 1.54) is 49.6 Å². The fraction of sp³-hybridized carbons (Fsp3) is 0.0625. The summed E-state index contributed by atoms with van der Waals surface area (Å²) in [4.78, 5) is 33.9. The highest BCUT2D eigenvalue weighted by Crippen LogP contribution is 2.17. The normalized spacial score (nSPS) is 9.80. The highest BCUT2D eigenvalue weighted by atomic mass is 32.1. The Balaban J connectivity index is 2.05. The van der Waals surface area contributed by atoms with Crippen molar-refractivity contribution in [3.63, 3.8) is 0 Å². The standard InChI is InChI=1S/C16H13N3O5S/c1-24-15(21)11-5-2-4-10(8-11)14(20)18-16(25)17-12-6-3-7-13(9-12)19(22)23/h2-9H,1H3,(H2,17,18,20,25). The molecule has 0 fully saturated rings. The molecule has 0 radical (unpaired) electrons. The van der Waals surface area contributed by atoms with Crippen LogP contribution in [0.4, 0.5) is 11.4 Å². The average molecular weight is 359 g/mol. The average Bonchev–Trinajstić information content (AvgIpc) is 2.61. The highest BCUT2D eigenvalue weighted by molar-refractivity contribution is 7.80. The molecule has 0 bridgehead atoms. The van der Waals surface area contributed by atoms with Gasteiger partial charge in [-0.05, 0) is 36.5 Å². The molecule has 2 aromatic rings. The van der Waals surface area contributed by atoms with Crippen molar-refractivity contribution in [1.82, 2.24) is 5.32 Å². The molecule has 2 rings (SSSR count). The van der Waals surface area contributed by atoms with Gasteiger partial charge in [-0.1, -0.05) is 12.1 Å². The van der Waals surface area contributed by atoms with Crippen LogP contribution in [-0.4, -0.2) is 29.0 Å². The van der Waals surface area contributed by atoms with Gasteiger partial charge in [0.25, 0.3) is 11.6 Å². The molecular formula is C16H13N3O5S. The van der Waals surface area contributed by atoms with E-state index in [0.717, 1.165) is 0 Å². The molecule has 0 spiro atoms. The van der Waals surface area contributed by atoms with Gasteiger partial charge < -0.3 is 10.1 Å². The van der Waals surface area contributed by atoms with Crippen LogP contribution in [0.25, 0.3) is 0 Å². The topological polar surface area (TPSA) is 111 Å². The van der Waals surface area contributed by atoms with Crippen LogP contribution in [0.2, 0.25) is 0 Å². The molecule has 8 nitrogen and oxygen atoms in total. The van der Waals surface area contributed by atoms with E-state index in [9.17, 15) is 19.7 Å². The van der Waals surface area contributed by atoms with E-state index in [1.807, 2.05) is 0 Å². The Morgan fingerprint density at radius 2 is 1.80 bits per heavy atom. The van der Waals surface area contributed by atoms with Crippen molar-refractivity contribution in [2.24, 2.45) is 0 Å². The number of non-ortho nitro benzene ring substituents is 1. The number of nitro groups is 1. The van der Waals surface area contributed by atoms with Crippen LogP contribution < -0.4 is 10.6 Å². The number of ether oxygens (including phenoxy) is 1. The summed E-state index contributed by atoms with van der Waals surface area (Å²) >= 11 is 5.02. The maximum Gasteiger partial charge on any atom is 0.337 e. The SMILES string of the molecule is COC(=O)c1cccc(C(=O)NC(=S)Nc2cccc([N+](=O)[O-])c2)c1. The summed E-state index contributed by atoms with van der Waals surface area (Å²) in [6.45, 7) is 0. The molecular weight excluding hydrogens is 346 g/mol. The van der Waals surface area contributed by atoms with Gasteiger partial charge >= 0.3 is 5.97 Å². The van der Waals surface area contributed by atoms with Crippen LogP contribution in [0.15, 0.2) is 48.5 Å². The first-order chi connectivity index (χ1) is 11.9. The zero-order valence-corrected chi connectivity index (χ0v) is 13.8. The Morgan fingerprint density at radius 3 is 2.48 bits per heavy atom. The first-order valence-electron chi connectivity index (χ1n) is 6.96. The van der Waals surface area contributed by atoms with Crippen molar-refractivity contribution in [1.29, 1.82) is 0 Å². The smallest absolute Gasteiger partial charge is 0.337 e. The Kier molecular flexibility index (Phi) is 5.75. The van der Waals surface area contributed by atoms with Gasteiger partial charge in [-0.15, -0.1) is 0 Å². The van der Waals surface area contributed by atoms with E-state index in [4.69, 9.17) is 12.2 Å². The molecule has 0 heterocycles. The molecule has 9 heteroatoms. The molecule has 25 heavy (non-hydrogen) atoms. The number of nitrogens with one attached hydrogen (secondary N) is 2. The predicted octanol–water partition coefficient (Wildman–Crippen LogP) is 2.51. The molecule has 0 atom stereocenters. The minimum Gasteiger partial charge on any atom is -0.465 e. The maximum atomic E-state index is 12.2. The molecule has 0 aliphatic rings. The molecule has 0 saturated heterocycles. The zero-order valence-electron chi connectivity index (χ0n) is 13.0. The lowest BCUT2D eigenvalue weighted by Crippen LogP contribution is -2.34. The van der Waals surface area contributed by atoms with Gasteiger partial charge in [-0.2, -0.15) is 0 Å². The van der Waals surface area contributed by atoms with Crippen LogP contribution >= 0.6 is 12.2 Å². The van der Waals surface area contributed by atoms with Crippen LogP contribution in [0.5, 0.6) is 0 Å². The summed E-state index contributed by atoms with van der Waals surface area (Å²) in [5.74, 6) is -1.10. The van der Waals surface area contributed by atoms with Gasteiger partial charge in [0.15, 0.2) is 5.11 Å². The van der Waals surface area contributed by atoms with Crippen molar-refractivity contribution in [3.05, 3.63) is 69.8 Å². The third-order valence-corrected chi connectivity index (χ3v) is 3.29. The number of carbonyl (C=O) groups is 2. The summed E-state index contributed by atoms with van der Waals surface area (Å²) in [6, 6.07) is 11.6. The first kappa shape index (κ1) is 18.0. The second-order valence-electron chi connectivity index (χ2n) is 4.79. The fourth-order valence-corrected chi connectivity index (χ4v) is 2.15. The van der Waals surface area contributed by atoms with Gasteiger partial charge in [-0.3, -0.25) is 20.2 Å². The van der Waals surface area contributed by atoms with Crippen LogP contribution in [0.1, 0.15) is 20.7 Å². The van der Waals surface area contributed by atoms with Crippen LogP contribution in [0.3, 0.4) is 0 Å². The van der Waals surface area contributed by atoms with E-state index < -0.39 is 16.8 Å². The Labute approximate surface area is 147 Å². The van der Waals surface area contributed by atoms with Crippen molar-refractivity contribution in [2.45, 2.75) is 0 Å². The molecule has 1 amide bonds. The predicted molar refractivity (Wildman–Crippen MR) is 94.6 cm³/mol. The molecule has 0 saturated carbocycles. The number of rotatable bonds is 4. The molecule has 0 aromatic heterocycles. The number of thiocarbonyl (C=S) groups is 1. The number of hydrogen-bond donors (Lipinski definition) is 2. The number of hydrogen-bond acceptors (Lipinski definition) is 6. The maximum absolute atomic E-state index is 12.2. The summed E-state index contributed by atoms with van der Waals surface area (Å²) in [7, 11) is 1.24. The summed E-state index contributed by atoms with van der Waals surface area (Å²) in [5.41, 5.74) is 0.700. The largest absolute Gasteiger partial charge is 0.465 e. The Bertz CT molecular complexity index is 853. The summed E-state index contributed by atoms with van der Waals surface area (Å²) in [6.07, 6.45) is 0. The van der Waals surface area contributed by atoms with Crippen LogP contribution in [0, 0.1) is 10.1 Å². The minimum atomic E-state index is -0.563.